The lowest BCUT2D eigenvalue weighted by atomic mass is 10.2. The van der Waals surface area contributed by atoms with Gasteiger partial charge in [0.1, 0.15) is 0 Å². The van der Waals surface area contributed by atoms with Crippen molar-refractivity contribution in [3.05, 3.63) is 83.1 Å². The molecular formula is C24H24ClN3O3. The average Bonchev–Trinajstić information content (AvgIpc) is 3.05. The van der Waals surface area contributed by atoms with Crippen molar-refractivity contribution >= 4 is 23.2 Å². The number of ether oxygens (including phenoxy) is 2. The molecule has 1 N–H and O–H groups in total. The molecule has 0 spiro atoms. The van der Waals surface area contributed by atoms with Gasteiger partial charge in [0.2, 0.25) is 5.91 Å². The number of anilines is 1. The molecule has 0 radical (unpaired) electrons. The second-order valence-corrected chi connectivity index (χ2v) is 7.69. The van der Waals surface area contributed by atoms with Crippen LogP contribution in [0, 0.1) is 0 Å². The highest BCUT2D eigenvalue weighted by molar-refractivity contribution is 6.32. The van der Waals surface area contributed by atoms with Crippen molar-refractivity contribution in [3.8, 4) is 11.5 Å². The van der Waals surface area contributed by atoms with E-state index in [0.717, 1.165) is 23.2 Å². The summed E-state index contributed by atoms with van der Waals surface area (Å²) in [5.41, 5.74) is 2.87. The van der Waals surface area contributed by atoms with Crippen LogP contribution >= 0.6 is 11.6 Å². The SMILES string of the molecule is O=C(CN(Cc1cccnc1)c1ccccc1)NCc1cc(Cl)c2c(c1)OCCCO2. The second-order valence-electron chi connectivity index (χ2n) is 7.28. The normalized spacial score (nSPS) is 12.7. The third-order valence-electron chi connectivity index (χ3n) is 4.90. The zero-order valence-electron chi connectivity index (χ0n) is 17.1. The number of rotatable bonds is 7. The average molecular weight is 438 g/mol. The van der Waals surface area contributed by atoms with E-state index in [-0.39, 0.29) is 12.5 Å². The Morgan fingerprint density at radius 1 is 1.06 bits per heavy atom. The van der Waals surface area contributed by atoms with Gasteiger partial charge in [-0.15, -0.1) is 0 Å². The van der Waals surface area contributed by atoms with Gasteiger partial charge in [-0.25, -0.2) is 0 Å². The summed E-state index contributed by atoms with van der Waals surface area (Å²) in [6.07, 6.45) is 4.36. The van der Waals surface area contributed by atoms with Crippen LogP contribution in [0.1, 0.15) is 17.5 Å². The number of nitrogens with zero attached hydrogens (tertiary/aromatic N) is 2. The number of nitrogens with one attached hydrogen (secondary N) is 1. The number of halogens is 1. The third kappa shape index (κ3) is 5.67. The first-order chi connectivity index (χ1) is 15.2. The molecule has 0 aliphatic carbocycles. The van der Waals surface area contributed by atoms with E-state index in [1.165, 1.54) is 0 Å². The maximum Gasteiger partial charge on any atom is 0.239 e. The zero-order valence-corrected chi connectivity index (χ0v) is 17.8. The Labute approximate surface area is 186 Å². The fourth-order valence-electron chi connectivity index (χ4n) is 3.41. The number of fused-ring (bicyclic) bond motifs is 1. The molecule has 0 atom stereocenters. The minimum absolute atomic E-state index is 0.0871. The van der Waals surface area contributed by atoms with Crippen LogP contribution < -0.4 is 19.7 Å². The van der Waals surface area contributed by atoms with Crippen LogP contribution in [0.15, 0.2) is 67.0 Å². The molecule has 1 aliphatic heterocycles. The number of carbonyl (C=O) groups excluding carboxylic acids is 1. The standard InChI is InChI=1S/C24H24ClN3O3/c25-21-12-19(13-22-24(21)31-11-5-10-30-22)15-27-23(29)17-28(20-7-2-1-3-8-20)16-18-6-4-9-26-14-18/h1-4,6-9,12-14H,5,10-11,15-17H2,(H,27,29). The van der Waals surface area contributed by atoms with Crippen LogP contribution in [0.2, 0.25) is 5.02 Å². The van der Waals surface area contributed by atoms with Gasteiger partial charge in [0.05, 0.1) is 24.8 Å². The van der Waals surface area contributed by atoms with E-state index in [4.69, 9.17) is 21.1 Å². The smallest absolute Gasteiger partial charge is 0.239 e. The largest absolute Gasteiger partial charge is 0.489 e. The van der Waals surface area contributed by atoms with E-state index in [1.54, 1.807) is 12.3 Å². The lowest BCUT2D eigenvalue weighted by Gasteiger charge is -2.24. The molecule has 1 amide bonds. The Balaban J connectivity index is 1.42. The van der Waals surface area contributed by atoms with Gasteiger partial charge in [0.25, 0.3) is 0 Å². The van der Waals surface area contributed by atoms with E-state index in [1.807, 2.05) is 59.6 Å². The van der Waals surface area contributed by atoms with E-state index >= 15 is 0 Å². The molecule has 2 aromatic carbocycles. The first kappa shape index (κ1) is 21.0. The molecule has 1 aromatic heterocycles. The molecule has 160 valence electrons. The zero-order chi connectivity index (χ0) is 21.5. The number of carbonyl (C=O) groups is 1. The highest BCUT2D eigenvalue weighted by Crippen LogP contribution is 2.37. The van der Waals surface area contributed by atoms with Gasteiger partial charge >= 0.3 is 0 Å². The highest BCUT2D eigenvalue weighted by Gasteiger charge is 2.17. The van der Waals surface area contributed by atoms with E-state index in [2.05, 4.69) is 10.3 Å². The molecule has 0 fully saturated rings. The second kappa shape index (κ2) is 10.2. The van der Waals surface area contributed by atoms with Gasteiger partial charge in [-0.05, 0) is 41.5 Å². The molecule has 4 rings (SSSR count). The predicted molar refractivity (Wildman–Crippen MR) is 121 cm³/mol. The molecular weight excluding hydrogens is 414 g/mol. The Bertz CT molecular complexity index is 1020. The number of hydrogen-bond acceptors (Lipinski definition) is 5. The topological polar surface area (TPSA) is 63.7 Å². The first-order valence-electron chi connectivity index (χ1n) is 10.2. The summed E-state index contributed by atoms with van der Waals surface area (Å²) in [7, 11) is 0. The van der Waals surface area contributed by atoms with Crippen LogP contribution in [0.4, 0.5) is 5.69 Å². The summed E-state index contributed by atoms with van der Waals surface area (Å²) < 4.78 is 11.4. The summed E-state index contributed by atoms with van der Waals surface area (Å²) in [5.74, 6) is 1.11. The number of aromatic nitrogens is 1. The molecule has 0 unspecified atom stereocenters. The molecule has 6 nitrogen and oxygen atoms in total. The molecule has 1 aliphatic rings. The first-order valence-corrected chi connectivity index (χ1v) is 10.6. The lowest BCUT2D eigenvalue weighted by Crippen LogP contribution is -2.36. The van der Waals surface area contributed by atoms with Crippen molar-refractivity contribution in [2.45, 2.75) is 19.5 Å². The summed E-state index contributed by atoms with van der Waals surface area (Å²) in [4.78, 5) is 19.0. The van der Waals surface area contributed by atoms with Crippen LogP contribution in [0.25, 0.3) is 0 Å². The monoisotopic (exact) mass is 437 g/mol. The number of para-hydroxylation sites is 1. The molecule has 0 saturated heterocycles. The highest BCUT2D eigenvalue weighted by atomic mass is 35.5. The molecule has 0 bridgehead atoms. The van der Waals surface area contributed by atoms with Crippen molar-refractivity contribution in [1.29, 1.82) is 0 Å². The van der Waals surface area contributed by atoms with Crippen LogP contribution in [0.3, 0.4) is 0 Å². The van der Waals surface area contributed by atoms with Gasteiger partial charge < -0.3 is 19.7 Å². The van der Waals surface area contributed by atoms with E-state index < -0.39 is 0 Å². The minimum atomic E-state index is -0.0871. The number of amides is 1. The van der Waals surface area contributed by atoms with Gasteiger partial charge in [0.15, 0.2) is 11.5 Å². The molecule has 2 heterocycles. The van der Waals surface area contributed by atoms with Crippen LogP contribution in [-0.4, -0.2) is 30.6 Å². The maximum atomic E-state index is 12.8. The fourth-order valence-corrected chi connectivity index (χ4v) is 3.69. The summed E-state index contributed by atoms with van der Waals surface area (Å²) in [6.45, 7) is 2.32. The van der Waals surface area contributed by atoms with Gasteiger partial charge in [0, 0.05) is 37.6 Å². The summed E-state index contributed by atoms with van der Waals surface area (Å²) in [6, 6.07) is 17.4. The Morgan fingerprint density at radius 3 is 2.71 bits per heavy atom. The third-order valence-corrected chi connectivity index (χ3v) is 5.18. The van der Waals surface area contributed by atoms with Crippen molar-refractivity contribution < 1.29 is 14.3 Å². The van der Waals surface area contributed by atoms with E-state index in [0.29, 0.717) is 42.8 Å². The summed E-state index contributed by atoms with van der Waals surface area (Å²) in [5, 5.41) is 3.48. The molecule has 31 heavy (non-hydrogen) atoms. The van der Waals surface area contributed by atoms with Crippen LogP contribution in [0.5, 0.6) is 11.5 Å². The Morgan fingerprint density at radius 2 is 1.90 bits per heavy atom. The fraction of sp³-hybridized carbons (Fsp3) is 0.250. The van der Waals surface area contributed by atoms with Crippen LogP contribution in [-0.2, 0) is 17.9 Å². The van der Waals surface area contributed by atoms with Gasteiger partial charge in [-0.2, -0.15) is 0 Å². The van der Waals surface area contributed by atoms with Crippen molar-refractivity contribution in [2.24, 2.45) is 0 Å². The number of benzene rings is 2. The number of hydrogen-bond donors (Lipinski definition) is 1. The van der Waals surface area contributed by atoms with E-state index in [9.17, 15) is 4.79 Å². The predicted octanol–water partition coefficient (Wildman–Crippen LogP) is 4.22. The molecule has 7 heteroatoms. The van der Waals surface area contributed by atoms with Gasteiger partial charge in [-0.1, -0.05) is 35.9 Å². The lowest BCUT2D eigenvalue weighted by molar-refractivity contribution is -0.119. The van der Waals surface area contributed by atoms with Crippen molar-refractivity contribution in [3.63, 3.8) is 0 Å². The molecule has 3 aromatic rings. The maximum absolute atomic E-state index is 12.8. The number of pyridine rings is 1. The van der Waals surface area contributed by atoms with Gasteiger partial charge in [-0.3, -0.25) is 9.78 Å². The molecule has 0 saturated carbocycles. The minimum Gasteiger partial charge on any atom is -0.489 e. The van der Waals surface area contributed by atoms with Crippen molar-refractivity contribution in [2.75, 3.05) is 24.7 Å². The van der Waals surface area contributed by atoms with Crippen molar-refractivity contribution in [1.82, 2.24) is 10.3 Å². The quantitative estimate of drug-likeness (QED) is 0.599. The summed E-state index contributed by atoms with van der Waals surface area (Å²) >= 11 is 6.36. The Hall–Kier alpha value is -3.25. The Kier molecular flexibility index (Phi) is 6.89.